The Morgan fingerprint density at radius 1 is 1.06 bits per heavy atom. The lowest BCUT2D eigenvalue weighted by Gasteiger charge is -2.14. The van der Waals surface area contributed by atoms with Crippen LogP contribution in [0, 0.1) is 6.92 Å². The number of nitrogens with zero attached hydrogens (tertiary/aromatic N) is 2. The van der Waals surface area contributed by atoms with Crippen LogP contribution in [0.3, 0.4) is 0 Å². The van der Waals surface area contributed by atoms with E-state index in [9.17, 15) is 14.7 Å². The van der Waals surface area contributed by atoms with Crippen LogP contribution in [-0.4, -0.2) is 26.7 Å². The standard InChI is InChI=1S/C26H26N4O3/c1-3-4-9-24-29-22-13-10-17(28-26(27)33)15-23(22)30(24)18-11-12-19(16(2)14-18)20-7-5-6-8-21(20)25(31)32/h5-8,10-15H,3-4,9H2,1-2H3,(H,31,32)(H3,27,28,33). The van der Waals surface area contributed by atoms with E-state index in [-0.39, 0.29) is 5.56 Å². The number of unbranched alkanes of at least 4 members (excludes halogenated alkanes) is 1. The minimum Gasteiger partial charge on any atom is -0.478 e. The second kappa shape index (κ2) is 9.16. The number of hydrogen-bond donors (Lipinski definition) is 3. The number of carboxylic acid groups (broad SMARTS) is 1. The molecule has 0 aliphatic rings. The van der Waals surface area contributed by atoms with Crippen LogP contribution in [0.1, 0.15) is 41.5 Å². The van der Waals surface area contributed by atoms with E-state index in [1.807, 2.05) is 49.4 Å². The van der Waals surface area contributed by atoms with Crippen LogP contribution in [0.5, 0.6) is 0 Å². The van der Waals surface area contributed by atoms with E-state index in [1.54, 1.807) is 18.2 Å². The molecule has 1 aromatic heterocycles. The van der Waals surface area contributed by atoms with Crippen molar-refractivity contribution >= 4 is 28.7 Å². The van der Waals surface area contributed by atoms with Crippen LogP contribution in [0.15, 0.2) is 60.7 Å². The Morgan fingerprint density at radius 2 is 1.85 bits per heavy atom. The lowest BCUT2D eigenvalue weighted by Crippen LogP contribution is -2.19. The summed E-state index contributed by atoms with van der Waals surface area (Å²) in [6, 6.07) is 17.9. The highest BCUT2D eigenvalue weighted by atomic mass is 16.4. The van der Waals surface area contributed by atoms with Gasteiger partial charge in [0.1, 0.15) is 5.82 Å². The van der Waals surface area contributed by atoms with Gasteiger partial charge in [0.15, 0.2) is 0 Å². The summed E-state index contributed by atoms with van der Waals surface area (Å²) in [7, 11) is 0. The Kier molecular flexibility index (Phi) is 6.13. The Labute approximate surface area is 191 Å². The van der Waals surface area contributed by atoms with Crippen LogP contribution in [0.2, 0.25) is 0 Å². The van der Waals surface area contributed by atoms with Crippen molar-refractivity contribution in [1.29, 1.82) is 0 Å². The van der Waals surface area contributed by atoms with E-state index in [0.717, 1.165) is 52.9 Å². The number of carboxylic acids is 1. The van der Waals surface area contributed by atoms with E-state index in [1.165, 1.54) is 0 Å². The predicted octanol–water partition coefficient (Wildman–Crippen LogP) is 5.53. The zero-order valence-electron chi connectivity index (χ0n) is 18.6. The number of anilines is 1. The summed E-state index contributed by atoms with van der Waals surface area (Å²) in [5.41, 5.74) is 11.3. The van der Waals surface area contributed by atoms with Crippen molar-refractivity contribution in [2.24, 2.45) is 5.73 Å². The molecular formula is C26H26N4O3. The molecule has 0 saturated carbocycles. The molecule has 7 nitrogen and oxygen atoms in total. The molecule has 7 heteroatoms. The number of aromatic nitrogens is 2. The number of aryl methyl sites for hydroxylation is 2. The number of nitrogens with two attached hydrogens (primary N) is 1. The zero-order valence-corrected chi connectivity index (χ0v) is 18.6. The highest BCUT2D eigenvalue weighted by molar-refractivity contribution is 5.96. The molecule has 0 bridgehead atoms. The van der Waals surface area contributed by atoms with Crippen LogP contribution >= 0.6 is 0 Å². The molecule has 4 aromatic rings. The number of primary amides is 1. The minimum absolute atomic E-state index is 0.271. The minimum atomic E-state index is -0.953. The lowest BCUT2D eigenvalue weighted by atomic mass is 9.95. The maximum absolute atomic E-state index is 11.7. The van der Waals surface area contributed by atoms with Crippen LogP contribution in [0.25, 0.3) is 27.8 Å². The monoisotopic (exact) mass is 442 g/mol. The molecular weight excluding hydrogens is 416 g/mol. The van der Waals surface area contributed by atoms with Gasteiger partial charge in [-0.2, -0.15) is 0 Å². The number of carbonyl (C=O) groups excluding carboxylic acids is 1. The predicted molar refractivity (Wildman–Crippen MR) is 130 cm³/mol. The largest absolute Gasteiger partial charge is 0.478 e. The molecule has 3 aromatic carbocycles. The van der Waals surface area contributed by atoms with Crippen molar-refractivity contribution in [3.05, 3.63) is 77.6 Å². The van der Waals surface area contributed by atoms with Crippen molar-refractivity contribution in [2.45, 2.75) is 33.1 Å². The quantitative estimate of drug-likeness (QED) is 0.349. The van der Waals surface area contributed by atoms with Crippen LogP contribution in [0.4, 0.5) is 10.5 Å². The Bertz CT molecular complexity index is 1360. The normalized spacial score (nSPS) is 11.0. The van der Waals surface area contributed by atoms with Crippen molar-refractivity contribution < 1.29 is 14.7 Å². The highest BCUT2D eigenvalue weighted by Crippen LogP contribution is 2.31. The van der Waals surface area contributed by atoms with E-state index in [4.69, 9.17) is 10.7 Å². The summed E-state index contributed by atoms with van der Waals surface area (Å²) >= 11 is 0. The molecule has 168 valence electrons. The molecule has 4 rings (SSSR count). The fourth-order valence-corrected chi connectivity index (χ4v) is 4.13. The molecule has 4 N–H and O–H groups in total. The first-order chi connectivity index (χ1) is 15.9. The number of benzene rings is 3. The number of hydrogen-bond acceptors (Lipinski definition) is 3. The molecule has 33 heavy (non-hydrogen) atoms. The van der Waals surface area contributed by atoms with Crippen molar-refractivity contribution in [1.82, 2.24) is 9.55 Å². The van der Waals surface area contributed by atoms with E-state index < -0.39 is 12.0 Å². The van der Waals surface area contributed by atoms with Gasteiger partial charge in [-0.25, -0.2) is 14.6 Å². The van der Waals surface area contributed by atoms with Gasteiger partial charge in [-0.15, -0.1) is 0 Å². The average Bonchev–Trinajstić information content (AvgIpc) is 3.14. The third kappa shape index (κ3) is 4.43. The van der Waals surface area contributed by atoms with Gasteiger partial charge in [0, 0.05) is 17.8 Å². The summed E-state index contributed by atoms with van der Waals surface area (Å²) < 4.78 is 2.09. The average molecular weight is 443 g/mol. The fraction of sp³-hybridized carbons (Fsp3) is 0.192. The van der Waals surface area contributed by atoms with Crippen molar-refractivity contribution in [3.63, 3.8) is 0 Å². The topological polar surface area (TPSA) is 110 Å². The van der Waals surface area contributed by atoms with Crippen molar-refractivity contribution in [2.75, 3.05) is 5.32 Å². The Hall–Kier alpha value is -4.13. The van der Waals surface area contributed by atoms with Gasteiger partial charge in [-0.1, -0.05) is 37.6 Å². The van der Waals surface area contributed by atoms with Gasteiger partial charge in [-0.05, 0) is 66.4 Å². The summed E-state index contributed by atoms with van der Waals surface area (Å²) in [6.45, 7) is 4.11. The number of nitrogens with one attached hydrogen (secondary N) is 1. The molecule has 0 radical (unpaired) electrons. The molecule has 2 amide bonds. The van der Waals surface area contributed by atoms with Gasteiger partial charge >= 0.3 is 12.0 Å². The number of carbonyl (C=O) groups is 2. The third-order valence-corrected chi connectivity index (χ3v) is 5.66. The summed E-state index contributed by atoms with van der Waals surface area (Å²) in [5.74, 6) is -0.0211. The first-order valence-electron chi connectivity index (χ1n) is 10.9. The Balaban J connectivity index is 1.86. The third-order valence-electron chi connectivity index (χ3n) is 5.66. The maximum atomic E-state index is 11.7. The first-order valence-corrected chi connectivity index (χ1v) is 10.9. The van der Waals surface area contributed by atoms with Crippen LogP contribution in [-0.2, 0) is 6.42 Å². The van der Waals surface area contributed by atoms with Crippen molar-refractivity contribution in [3.8, 4) is 16.8 Å². The second-order valence-electron chi connectivity index (χ2n) is 8.01. The Morgan fingerprint density at radius 3 is 2.55 bits per heavy atom. The van der Waals surface area contributed by atoms with Gasteiger partial charge < -0.3 is 16.2 Å². The van der Waals surface area contributed by atoms with Gasteiger partial charge in [0.05, 0.1) is 16.6 Å². The number of imidazole rings is 1. The van der Waals surface area contributed by atoms with Crippen LogP contribution < -0.4 is 11.1 Å². The lowest BCUT2D eigenvalue weighted by molar-refractivity contribution is 0.0697. The fourth-order valence-electron chi connectivity index (χ4n) is 4.13. The number of amides is 2. The SMILES string of the molecule is CCCCc1nc2ccc(NC(N)=O)cc2n1-c1ccc(-c2ccccc2C(=O)O)c(C)c1. The molecule has 0 aliphatic heterocycles. The number of urea groups is 1. The summed E-state index contributed by atoms with van der Waals surface area (Å²) in [5, 5.41) is 12.2. The zero-order chi connectivity index (χ0) is 23.5. The van der Waals surface area contributed by atoms with Gasteiger partial charge in [0.25, 0.3) is 0 Å². The van der Waals surface area contributed by atoms with E-state index >= 15 is 0 Å². The number of rotatable bonds is 7. The van der Waals surface area contributed by atoms with E-state index in [0.29, 0.717) is 11.3 Å². The smallest absolute Gasteiger partial charge is 0.336 e. The maximum Gasteiger partial charge on any atom is 0.336 e. The van der Waals surface area contributed by atoms with Gasteiger partial charge in [0.2, 0.25) is 0 Å². The highest BCUT2D eigenvalue weighted by Gasteiger charge is 2.16. The molecule has 0 spiro atoms. The second-order valence-corrected chi connectivity index (χ2v) is 8.01. The molecule has 0 atom stereocenters. The molecule has 0 fully saturated rings. The summed E-state index contributed by atoms with van der Waals surface area (Å²) in [6.07, 6.45) is 2.85. The first kappa shape index (κ1) is 22.1. The molecule has 0 unspecified atom stereocenters. The molecule has 0 aliphatic carbocycles. The molecule has 0 saturated heterocycles. The summed E-state index contributed by atoms with van der Waals surface area (Å²) in [4.78, 5) is 27.9. The van der Waals surface area contributed by atoms with E-state index in [2.05, 4.69) is 16.8 Å². The molecule has 1 heterocycles. The van der Waals surface area contributed by atoms with Gasteiger partial charge in [-0.3, -0.25) is 4.57 Å². The number of fused-ring (bicyclic) bond motifs is 1. The number of aromatic carboxylic acids is 1.